The molecule has 0 heterocycles. The summed E-state index contributed by atoms with van der Waals surface area (Å²) in [5.41, 5.74) is 1.18. The van der Waals surface area contributed by atoms with Crippen LogP contribution in [0.25, 0.3) is 0 Å². The Morgan fingerprint density at radius 1 is 1.00 bits per heavy atom. The number of amides is 1. The molecule has 2 rings (SSSR count). The fraction of sp³-hybridized carbons (Fsp3) is 0.316. The molecule has 1 atom stereocenters. The summed E-state index contributed by atoms with van der Waals surface area (Å²) >= 11 is 0. The van der Waals surface area contributed by atoms with E-state index in [0.717, 1.165) is 11.5 Å². The van der Waals surface area contributed by atoms with Crippen molar-refractivity contribution in [2.75, 3.05) is 20.3 Å². The van der Waals surface area contributed by atoms with Gasteiger partial charge in [-0.1, -0.05) is 17.7 Å². The molecule has 0 bridgehead atoms. The van der Waals surface area contributed by atoms with E-state index in [4.69, 9.17) is 14.2 Å². The van der Waals surface area contributed by atoms with Crippen molar-refractivity contribution in [2.24, 2.45) is 0 Å². The van der Waals surface area contributed by atoms with Crippen molar-refractivity contribution in [3.05, 3.63) is 54.1 Å². The van der Waals surface area contributed by atoms with E-state index < -0.39 is 6.10 Å². The van der Waals surface area contributed by atoms with Gasteiger partial charge in [-0.15, -0.1) is 0 Å². The number of carbonyl (C=O) groups is 1. The summed E-state index contributed by atoms with van der Waals surface area (Å²) < 4.78 is 16.2. The standard InChI is InChI=1S/C19H23NO4/c1-14-4-6-17(7-5-14)23-13-12-20-19(21)15(2)24-18-10-8-16(22-3)9-11-18/h4-11,15H,12-13H2,1-3H3,(H,20,21). The highest BCUT2D eigenvalue weighted by atomic mass is 16.5. The van der Waals surface area contributed by atoms with Crippen LogP contribution in [0.15, 0.2) is 48.5 Å². The Labute approximate surface area is 142 Å². The maximum atomic E-state index is 12.0. The van der Waals surface area contributed by atoms with Gasteiger partial charge in [0.2, 0.25) is 0 Å². The highest BCUT2D eigenvalue weighted by Crippen LogP contribution is 2.18. The third-order valence-electron chi connectivity index (χ3n) is 3.43. The first-order valence-electron chi connectivity index (χ1n) is 7.86. The average molecular weight is 329 g/mol. The lowest BCUT2D eigenvalue weighted by atomic mass is 10.2. The molecule has 0 spiro atoms. The molecule has 0 radical (unpaired) electrons. The summed E-state index contributed by atoms with van der Waals surface area (Å²) in [6.45, 7) is 4.56. The second-order valence-electron chi connectivity index (χ2n) is 5.39. The molecular formula is C19H23NO4. The van der Waals surface area contributed by atoms with Crippen molar-refractivity contribution in [1.29, 1.82) is 0 Å². The lowest BCUT2D eigenvalue weighted by Gasteiger charge is -2.15. The van der Waals surface area contributed by atoms with E-state index >= 15 is 0 Å². The van der Waals surface area contributed by atoms with Crippen LogP contribution in [0.3, 0.4) is 0 Å². The summed E-state index contributed by atoms with van der Waals surface area (Å²) in [5, 5.41) is 2.79. The van der Waals surface area contributed by atoms with E-state index in [1.54, 1.807) is 38.3 Å². The first-order valence-corrected chi connectivity index (χ1v) is 7.86. The molecule has 0 fully saturated rings. The predicted molar refractivity (Wildman–Crippen MR) is 92.8 cm³/mol. The number of rotatable bonds is 8. The Morgan fingerprint density at radius 3 is 2.21 bits per heavy atom. The van der Waals surface area contributed by atoms with Crippen LogP contribution in [0.4, 0.5) is 0 Å². The number of benzene rings is 2. The normalized spacial score (nSPS) is 11.5. The highest BCUT2D eigenvalue weighted by Gasteiger charge is 2.14. The summed E-state index contributed by atoms with van der Waals surface area (Å²) in [6, 6.07) is 14.9. The molecule has 0 aliphatic heterocycles. The van der Waals surface area contributed by atoms with Gasteiger partial charge in [0.1, 0.15) is 23.9 Å². The van der Waals surface area contributed by atoms with E-state index in [2.05, 4.69) is 5.32 Å². The molecule has 0 saturated heterocycles. The zero-order valence-electron chi connectivity index (χ0n) is 14.2. The third kappa shape index (κ3) is 5.50. The van der Waals surface area contributed by atoms with Crippen LogP contribution < -0.4 is 19.5 Å². The molecule has 24 heavy (non-hydrogen) atoms. The van der Waals surface area contributed by atoms with E-state index in [0.29, 0.717) is 18.9 Å². The summed E-state index contributed by atoms with van der Waals surface area (Å²) in [6.07, 6.45) is -0.585. The Bertz CT molecular complexity index is 637. The average Bonchev–Trinajstić information content (AvgIpc) is 2.60. The molecule has 1 amide bonds. The zero-order valence-corrected chi connectivity index (χ0v) is 14.2. The minimum Gasteiger partial charge on any atom is -0.497 e. The maximum Gasteiger partial charge on any atom is 0.260 e. The Balaban J connectivity index is 1.70. The molecule has 1 N–H and O–H groups in total. The molecule has 128 valence electrons. The fourth-order valence-electron chi connectivity index (χ4n) is 2.03. The molecule has 0 aliphatic rings. The van der Waals surface area contributed by atoms with Gasteiger partial charge in [0.05, 0.1) is 13.7 Å². The van der Waals surface area contributed by atoms with Gasteiger partial charge in [0.25, 0.3) is 5.91 Å². The molecule has 2 aromatic rings. The molecule has 0 aromatic heterocycles. The molecule has 5 heteroatoms. The van der Waals surface area contributed by atoms with Gasteiger partial charge in [0, 0.05) is 0 Å². The van der Waals surface area contributed by atoms with E-state index in [1.165, 1.54) is 5.56 Å². The van der Waals surface area contributed by atoms with Crippen LogP contribution in [-0.4, -0.2) is 32.3 Å². The van der Waals surface area contributed by atoms with Crippen molar-refractivity contribution in [3.8, 4) is 17.2 Å². The molecule has 5 nitrogen and oxygen atoms in total. The van der Waals surface area contributed by atoms with Crippen LogP contribution in [0, 0.1) is 6.92 Å². The largest absolute Gasteiger partial charge is 0.497 e. The molecule has 0 aliphatic carbocycles. The topological polar surface area (TPSA) is 56.8 Å². The SMILES string of the molecule is COc1ccc(OC(C)C(=O)NCCOc2ccc(C)cc2)cc1. The zero-order chi connectivity index (χ0) is 17.4. The van der Waals surface area contributed by atoms with Crippen LogP contribution >= 0.6 is 0 Å². The quantitative estimate of drug-likeness (QED) is 0.757. The minimum atomic E-state index is -0.585. The molecule has 0 saturated carbocycles. The number of aryl methyl sites for hydroxylation is 1. The van der Waals surface area contributed by atoms with Crippen molar-refractivity contribution >= 4 is 5.91 Å². The second kappa shape index (κ2) is 8.82. The second-order valence-corrected chi connectivity index (χ2v) is 5.39. The summed E-state index contributed by atoms with van der Waals surface area (Å²) in [7, 11) is 1.60. The lowest BCUT2D eigenvalue weighted by Crippen LogP contribution is -2.38. The first-order chi connectivity index (χ1) is 11.6. The van der Waals surface area contributed by atoms with E-state index in [9.17, 15) is 4.79 Å². The van der Waals surface area contributed by atoms with Gasteiger partial charge in [-0.2, -0.15) is 0 Å². The van der Waals surface area contributed by atoms with Crippen molar-refractivity contribution in [1.82, 2.24) is 5.32 Å². The van der Waals surface area contributed by atoms with Crippen molar-refractivity contribution < 1.29 is 19.0 Å². The van der Waals surface area contributed by atoms with Crippen molar-refractivity contribution in [3.63, 3.8) is 0 Å². The van der Waals surface area contributed by atoms with Crippen molar-refractivity contribution in [2.45, 2.75) is 20.0 Å². The number of ether oxygens (including phenoxy) is 3. The third-order valence-corrected chi connectivity index (χ3v) is 3.43. The number of hydrogen-bond acceptors (Lipinski definition) is 4. The van der Waals surface area contributed by atoms with Gasteiger partial charge < -0.3 is 19.5 Å². The van der Waals surface area contributed by atoms with Gasteiger partial charge in [-0.25, -0.2) is 0 Å². The van der Waals surface area contributed by atoms with Gasteiger partial charge in [-0.3, -0.25) is 4.79 Å². The van der Waals surface area contributed by atoms with Gasteiger partial charge in [-0.05, 0) is 50.2 Å². The van der Waals surface area contributed by atoms with E-state index in [1.807, 2.05) is 31.2 Å². The van der Waals surface area contributed by atoms with Crippen LogP contribution in [0.5, 0.6) is 17.2 Å². The lowest BCUT2D eigenvalue weighted by molar-refractivity contribution is -0.127. The Morgan fingerprint density at radius 2 is 1.58 bits per heavy atom. The molecular weight excluding hydrogens is 306 g/mol. The maximum absolute atomic E-state index is 12.0. The number of hydrogen-bond donors (Lipinski definition) is 1. The molecule has 1 unspecified atom stereocenters. The fourth-order valence-corrected chi connectivity index (χ4v) is 2.03. The predicted octanol–water partition coefficient (Wildman–Crippen LogP) is 2.97. The summed E-state index contributed by atoms with van der Waals surface area (Å²) in [5.74, 6) is 1.97. The van der Waals surface area contributed by atoms with Gasteiger partial charge >= 0.3 is 0 Å². The van der Waals surface area contributed by atoms with Gasteiger partial charge in [0.15, 0.2) is 6.10 Å². The summed E-state index contributed by atoms with van der Waals surface area (Å²) in [4.78, 5) is 12.0. The Kier molecular flexibility index (Phi) is 6.49. The van der Waals surface area contributed by atoms with E-state index in [-0.39, 0.29) is 5.91 Å². The number of carbonyl (C=O) groups excluding carboxylic acids is 1. The minimum absolute atomic E-state index is 0.182. The first kappa shape index (κ1) is 17.7. The molecule has 2 aromatic carbocycles. The monoisotopic (exact) mass is 329 g/mol. The Hall–Kier alpha value is -2.69. The number of nitrogens with one attached hydrogen (secondary N) is 1. The van der Waals surface area contributed by atoms with Crippen LogP contribution in [0.1, 0.15) is 12.5 Å². The van der Waals surface area contributed by atoms with Crippen LogP contribution in [-0.2, 0) is 4.79 Å². The van der Waals surface area contributed by atoms with Crippen LogP contribution in [0.2, 0.25) is 0 Å². The smallest absolute Gasteiger partial charge is 0.260 e. The number of methoxy groups -OCH3 is 1. The highest BCUT2D eigenvalue weighted by molar-refractivity contribution is 5.80.